The molecule has 0 spiro atoms. The Kier molecular flexibility index (Phi) is 4.66. The standard InChI is InChI=1S/C10H12Cl2FN/c1-14-10(4-5-11)7-2-3-9(13)8(12)6-7/h2-3,6,10,14H,4-5H2,1H3. The van der Waals surface area contributed by atoms with Crippen molar-refractivity contribution in [3.05, 3.63) is 34.6 Å². The molecule has 1 aromatic rings. The van der Waals surface area contributed by atoms with Crippen molar-refractivity contribution in [3.63, 3.8) is 0 Å². The number of nitrogens with one attached hydrogen (secondary N) is 1. The molecule has 0 aliphatic rings. The Balaban J connectivity index is 2.88. The third-order valence-electron chi connectivity index (χ3n) is 2.09. The highest BCUT2D eigenvalue weighted by Crippen LogP contribution is 2.22. The molecule has 0 amide bonds. The molecule has 0 heterocycles. The number of alkyl halides is 1. The summed E-state index contributed by atoms with van der Waals surface area (Å²) in [6.07, 6.45) is 0.792. The van der Waals surface area contributed by atoms with Crippen LogP contribution < -0.4 is 5.32 Å². The van der Waals surface area contributed by atoms with Gasteiger partial charge in [0.05, 0.1) is 5.02 Å². The van der Waals surface area contributed by atoms with Crippen LogP contribution in [0.5, 0.6) is 0 Å². The van der Waals surface area contributed by atoms with E-state index in [0.717, 1.165) is 12.0 Å². The number of halogens is 3. The first kappa shape index (κ1) is 11.8. The van der Waals surface area contributed by atoms with Crippen molar-refractivity contribution in [3.8, 4) is 0 Å². The molecule has 4 heteroatoms. The van der Waals surface area contributed by atoms with E-state index in [9.17, 15) is 4.39 Å². The van der Waals surface area contributed by atoms with E-state index in [-0.39, 0.29) is 11.1 Å². The average Bonchev–Trinajstić information content (AvgIpc) is 2.19. The van der Waals surface area contributed by atoms with Gasteiger partial charge in [-0.05, 0) is 31.2 Å². The lowest BCUT2D eigenvalue weighted by Crippen LogP contribution is -2.16. The second-order valence-corrected chi connectivity index (χ2v) is 3.78. The van der Waals surface area contributed by atoms with Crippen molar-refractivity contribution in [2.24, 2.45) is 0 Å². The fourth-order valence-corrected chi connectivity index (χ4v) is 1.72. The van der Waals surface area contributed by atoms with Crippen molar-refractivity contribution < 1.29 is 4.39 Å². The minimum atomic E-state index is -0.392. The van der Waals surface area contributed by atoms with Gasteiger partial charge in [-0.2, -0.15) is 0 Å². The highest BCUT2D eigenvalue weighted by Gasteiger charge is 2.10. The Hall–Kier alpha value is -0.310. The fraction of sp³-hybridized carbons (Fsp3) is 0.400. The second kappa shape index (κ2) is 5.54. The first-order valence-electron chi connectivity index (χ1n) is 4.37. The van der Waals surface area contributed by atoms with Gasteiger partial charge in [-0.3, -0.25) is 0 Å². The number of hydrogen-bond acceptors (Lipinski definition) is 1. The van der Waals surface area contributed by atoms with Crippen LogP contribution in [0.15, 0.2) is 18.2 Å². The molecule has 0 saturated carbocycles. The van der Waals surface area contributed by atoms with Gasteiger partial charge in [0.25, 0.3) is 0 Å². The van der Waals surface area contributed by atoms with Crippen LogP contribution in [0.4, 0.5) is 4.39 Å². The normalized spacial score (nSPS) is 12.9. The zero-order valence-electron chi connectivity index (χ0n) is 7.86. The Morgan fingerprint density at radius 1 is 1.50 bits per heavy atom. The maximum atomic E-state index is 12.9. The van der Waals surface area contributed by atoms with Crippen LogP contribution >= 0.6 is 23.2 Å². The summed E-state index contributed by atoms with van der Waals surface area (Å²) < 4.78 is 12.9. The summed E-state index contributed by atoms with van der Waals surface area (Å²) in [7, 11) is 1.84. The summed E-state index contributed by atoms with van der Waals surface area (Å²) in [5.74, 6) is 0.164. The topological polar surface area (TPSA) is 12.0 Å². The van der Waals surface area contributed by atoms with Gasteiger partial charge in [0, 0.05) is 11.9 Å². The smallest absolute Gasteiger partial charge is 0.141 e. The highest BCUT2D eigenvalue weighted by molar-refractivity contribution is 6.30. The molecule has 1 atom stereocenters. The molecule has 78 valence electrons. The lowest BCUT2D eigenvalue weighted by Gasteiger charge is -2.15. The summed E-state index contributed by atoms with van der Waals surface area (Å²) >= 11 is 11.3. The molecular weight excluding hydrogens is 224 g/mol. The van der Waals surface area contributed by atoms with E-state index < -0.39 is 5.82 Å². The molecule has 0 radical (unpaired) electrons. The zero-order chi connectivity index (χ0) is 10.6. The van der Waals surface area contributed by atoms with Crippen LogP contribution in [0.25, 0.3) is 0 Å². The van der Waals surface area contributed by atoms with Crippen LogP contribution in [0.3, 0.4) is 0 Å². The van der Waals surface area contributed by atoms with Gasteiger partial charge in [-0.15, -0.1) is 11.6 Å². The van der Waals surface area contributed by atoms with Crippen molar-refractivity contribution in [2.45, 2.75) is 12.5 Å². The summed E-state index contributed by atoms with van der Waals surface area (Å²) in [6.45, 7) is 0. The predicted octanol–water partition coefficient (Wildman–Crippen LogP) is 3.37. The largest absolute Gasteiger partial charge is 0.313 e. The summed E-state index contributed by atoms with van der Waals surface area (Å²) in [5.41, 5.74) is 0.958. The van der Waals surface area contributed by atoms with Crippen molar-refractivity contribution in [1.82, 2.24) is 5.32 Å². The second-order valence-electron chi connectivity index (χ2n) is 2.99. The Morgan fingerprint density at radius 2 is 2.21 bits per heavy atom. The van der Waals surface area contributed by atoms with Gasteiger partial charge in [0.2, 0.25) is 0 Å². The predicted molar refractivity (Wildman–Crippen MR) is 58.5 cm³/mol. The molecule has 14 heavy (non-hydrogen) atoms. The van der Waals surface area contributed by atoms with E-state index in [1.54, 1.807) is 12.1 Å². The monoisotopic (exact) mass is 235 g/mol. The van der Waals surface area contributed by atoms with Crippen molar-refractivity contribution in [2.75, 3.05) is 12.9 Å². The van der Waals surface area contributed by atoms with Crippen LogP contribution in [-0.2, 0) is 0 Å². The van der Waals surface area contributed by atoms with Crippen LogP contribution in [-0.4, -0.2) is 12.9 Å². The number of benzene rings is 1. The van der Waals surface area contributed by atoms with E-state index in [1.165, 1.54) is 6.07 Å². The van der Waals surface area contributed by atoms with Gasteiger partial charge < -0.3 is 5.32 Å². The van der Waals surface area contributed by atoms with E-state index >= 15 is 0 Å². The van der Waals surface area contributed by atoms with Gasteiger partial charge in [-0.25, -0.2) is 4.39 Å². The van der Waals surface area contributed by atoms with Crippen LogP contribution in [0.1, 0.15) is 18.0 Å². The first-order chi connectivity index (χ1) is 6.69. The first-order valence-corrected chi connectivity index (χ1v) is 5.28. The van der Waals surface area contributed by atoms with Crippen molar-refractivity contribution >= 4 is 23.2 Å². The molecule has 1 rings (SSSR count). The summed E-state index contributed by atoms with van der Waals surface area (Å²) in [5, 5.41) is 3.25. The Labute approximate surface area is 93.2 Å². The Morgan fingerprint density at radius 3 is 2.71 bits per heavy atom. The highest BCUT2D eigenvalue weighted by atomic mass is 35.5. The third-order valence-corrected chi connectivity index (χ3v) is 2.60. The maximum Gasteiger partial charge on any atom is 0.141 e. The summed E-state index contributed by atoms with van der Waals surface area (Å²) in [4.78, 5) is 0. The van der Waals surface area contributed by atoms with Crippen molar-refractivity contribution in [1.29, 1.82) is 0 Å². The number of rotatable bonds is 4. The third kappa shape index (κ3) is 2.84. The molecule has 1 nitrogen and oxygen atoms in total. The average molecular weight is 236 g/mol. The molecule has 0 aliphatic heterocycles. The number of hydrogen-bond donors (Lipinski definition) is 1. The van der Waals surface area contributed by atoms with E-state index in [4.69, 9.17) is 23.2 Å². The van der Waals surface area contributed by atoms with Crippen LogP contribution in [0.2, 0.25) is 5.02 Å². The molecule has 1 unspecified atom stereocenters. The molecule has 0 fully saturated rings. The molecular formula is C10H12Cl2FN. The SMILES string of the molecule is CNC(CCCl)c1ccc(F)c(Cl)c1. The molecule has 1 N–H and O–H groups in total. The lowest BCUT2D eigenvalue weighted by atomic mass is 10.0. The molecule has 1 aromatic carbocycles. The maximum absolute atomic E-state index is 12.9. The van der Waals surface area contributed by atoms with Gasteiger partial charge in [-0.1, -0.05) is 17.7 Å². The minimum absolute atomic E-state index is 0.130. The van der Waals surface area contributed by atoms with E-state index in [1.807, 2.05) is 7.05 Å². The van der Waals surface area contributed by atoms with E-state index in [0.29, 0.717) is 5.88 Å². The molecule has 0 saturated heterocycles. The van der Waals surface area contributed by atoms with Crippen LogP contribution in [0, 0.1) is 5.82 Å². The summed E-state index contributed by atoms with van der Waals surface area (Å²) in [6, 6.07) is 4.85. The molecule has 0 aliphatic carbocycles. The van der Waals surface area contributed by atoms with Gasteiger partial charge in [0.1, 0.15) is 5.82 Å². The fourth-order valence-electron chi connectivity index (χ4n) is 1.32. The molecule has 0 aromatic heterocycles. The van der Waals surface area contributed by atoms with Gasteiger partial charge in [0.15, 0.2) is 0 Å². The van der Waals surface area contributed by atoms with Gasteiger partial charge >= 0.3 is 0 Å². The Bertz CT molecular complexity index is 304. The molecule has 0 bridgehead atoms. The lowest BCUT2D eigenvalue weighted by molar-refractivity contribution is 0.575. The minimum Gasteiger partial charge on any atom is -0.313 e. The van der Waals surface area contributed by atoms with E-state index in [2.05, 4.69) is 5.32 Å². The quantitative estimate of drug-likeness (QED) is 0.790. The zero-order valence-corrected chi connectivity index (χ0v) is 9.37.